The van der Waals surface area contributed by atoms with Gasteiger partial charge >= 0.3 is 0 Å². The Labute approximate surface area is 73.3 Å². The molecule has 0 bridgehead atoms. The van der Waals surface area contributed by atoms with E-state index < -0.39 is 0 Å². The Morgan fingerprint density at radius 2 is 2.00 bits per heavy atom. The Kier molecular flexibility index (Phi) is 2.36. The molecule has 1 fully saturated rings. The van der Waals surface area contributed by atoms with Gasteiger partial charge in [0.15, 0.2) is 0 Å². The molecule has 0 heterocycles. The van der Waals surface area contributed by atoms with Gasteiger partial charge in [0.1, 0.15) is 0 Å². The first-order valence-electron chi connectivity index (χ1n) is 4.70. The first kappa shape index (κ1) is 9.52. The molecule has 66 valence electrons. The van der Waals surface area contributed by atoms with E-state index in [1.807, 2.05) is 0 Å². The van der Waals surface area contributed by atoms with Crippen LogP contribution in [0.25, 0.3) is 0 Å². The second kappa shape index (κ2) is 2.73. The van der Waals surface area contributed by atoms with Crippen LogP contribution in [0.4, 0.5) is 0 Å². The fourth-order valence-electron chi connectivity index (χ4n) is 2.61. The largest absolute Gasteiger partial charge is 0.137 e. The molecule has 0 spiro atoms. The maximum absolute atomic E-state index is 2.90. The van der Waals surface area contributed by atoms with Crippen molar-refractivity contribution >= 4 is 9.24 Å². The molecule has 0 aliphatic heterocycles. The summed E-state index contributed by atoms with van der Waals surface area (Å²) in [5, 5.41) is 0. The van der Waals surface area contributed by atoms with Crippen molar-refractivity contribution in [3.63, 3.8) is 0 Å². The summed E-state index contributed by atoms with van der Waals surface area (Å²) >= 11 is 0. The summed E-state index contributed by atoms with van der Waals surface area (Å²) in [6, 6.07) is 0. The highest BCUT2D eigenvalue weighted by Gasteiger charge is 2.57. The molecule has 0 radical (unpaired) electrons. The molecule has 0 nitrogen and oxygen atoms in total. The lowest BCUT2D eigenvalue weighted by Gasteiger charge is -2.34. The van der Waals surface area contributed by atoms with Gasteiger partial charge in [-0.05, 0) is 35.8 Å². The topological polar surface area (TPSA) is 0 Å². The second-order valence-electron chi connectivity index (χ2n) is 4.70. The smallest absolute Gasteiger partial charge is 0.0217 e. The van der Waals surface area contributed by atoms with Crippen molar-refractivity contribution < 1.29 is 0 Å². The molecule has 1 aliphatic rings. The average molecular weight is 172 g/mol. The molecule has 1 unspecified atom stereocenters. The summed E-state index contributed by atoms with van der Waals surface area (Å²) in [5.74, 6) is 0.961. The standard InChI is InChI=1S/C10H21P/c1-5-10(6-8(10)2)9(3,4)7-11/h8H,5-7,11H2,1-4H3/t8-,10+/m1/s1. The molecule has 11 heavy (non-hydrogen) atoms. The van der Waals surface area contributed by atoms with Gasteiger partial charge in [-0.3, -0.25) is 0 Å². The quantitative estimate of drug-likeness (QED) is 0.573. The molecular weight excluding hydrogens is 151 g/mol. The van der Waals surface area contributed by atoms with Crippen LogP contribution in [0.1, 0.15) is 40.5 Å². The van der Waals surface area contributed by atoms with Gasteiger partial charge in [0.2, 0.25) is 0 Å². The summed E-state index contributed by atoms with van der Waals surface area (Å²) in [7, 11) is 2.90. The normalized spacial score (nSPS) is 37.4. The van der Waals surface area contributed by atoms with E-state index in [1.165, 1.54) is 19.0 Å². The van der Waals surface area contributed by atoms with Crippen LogP contribution >= 0.6 is 9.24 Å². The molecular formula is C10H21P. The van der Waals surface area contributed by atoms with Crippen molar-refractivity contribution in [3.05, 3.63) is 0 Å². The van der Waals surface area contributed by atoms with E-state index in [1.54, 1.807) is 0 Å². The van der Waals surface area contributed by atoms with E-state index in [4.69, 9.17) is 0 Å². The predicted octanol–water partition coefficient (Wildman–Crippen LogP) is 3.32. The van der Waals surface area contributed by atoms with Gasteiger partial charge < -0.3 is 0 Å². The third-order valence-electron chi connectivity index (χ3n) is 3.94. The Hall–Kier alpha value is 0.430. The minimum atomic E-state index is 0.534. The first-order valence-corrected chi connectivity index (χ1v) is 5.52. The van der Waals surface area contributed by atoms with Crippen molar-refractivity contribution in [2.45, 2.75) is 40.5 Å². The molecule has 1 aliphatic carbocycles. The predicted molar refractivity (Wildman–Crippen MR) is 54.9 cm³/mol. The van der Waals surface area contributed by atoms with Crippen LogP contribution in [-0.4, -0.2) is 6.16 Å². The SMILES string of the molecule is CC[C@]1(C(C)(C)CP)C[C@H]1C. The van der Waals surface area contributed by atoms with E-state index in [2.05, 4.69) is 36.9 Å². The van der Waals surface area contributed by atoms with Crippen LogP contribution in [0, 0.1) is 16.7 Å². The number of hydrogen-bond donors (Lipinski definition) is 0. The molecule has 0 aromatic carbocycles. The zero-order valence-corrected chi connectivity index (χ0v) is 9.43. The summed E-state index contributed by atoms with van der Waals surface area (Å²) in [4.78, 5) is 0. The van der Waals surface area contributed by atoms with E-state index in [0.29, 0.717) is 10.8 Å². The van der Waals surface area contributed by atoms with Crippen molar-refractivity contribution in [1.29, 1.82) is 0 Å². The Bertz CT molecular complexity index is 147. The van der Waals surface area contributed by atoms with Crippen molar-refractivity contribution in [2.24, 2.45) is 16.7 Å². The summed E-state index contributed by atoms with van der Waals surface area (Å²) < 4.78 is 0. The van der Waals surface area contributed by atoms with Crippen LogP contribution in [0.5, 0.6) is 0 Å². The molecule has 1 saturated carbocycles. The number of rotatable bonds is 3. The fourth-order valence-corrected chi connectivity index (χ4v) is 3.01. The minimum absolute atomic E-state index is 0.534. The van der Waals surface area contributed by atoms with Gasteiger partial charge in [-0.25, -0.2) is 0 Å². The van der Waals surface area contributed by atoms with Gasteiger partial charge in [-0.2, -0.15) is 0 Å². The third-order valence-corrected chi connectivity index (χ3v) is 4.96. The molecule has 1 heteroatoms. The third kappa shape index (κ3) is 1.24. The van der Waals surface area contributed by atoms with Gasteiger partial charge in [-0.1, -0.05) is 27.7 Å². The minimum Gasteiger partial charge on any atom is -0.137 e. The fraction of sp³-hybridized carbons (Fsp3) is 1.00. The Morgan fingerprint density at radius 3 is 2.09 bits per heavy atom. The second-order valence-corrected chi connectivity index (χ2v) is 5.11. The lowest BCUT2D eigenvalue weighted by atomic mass is 9.74. The van der Waals surface area contributed by atoms with Crippen molar-refractivity contribution in [3.8, 4) is 0 Å². The van der Waals surface area contributed by atoms with Gasteiger partial charge in [0.25, 0.3) is 0 Å². The summed E-state index contributed by atoms with van der Waals surface area (Å²) in [6.07, 6.45) is 4.05. The van der Waals surface area contributed by atoms with Crippen LogP contribution < -0.4 is 0 Å². The lowest BCUT2D eigenvalue weighted by Crippen LogP contribution is -2.28. The molecule has 3 atom stereocenters. The van der Waals surface area contributed by atoms with Crippen molar-refractivity contribution in [1.82, 2.24) is 0 Å². The van der Waals surface area contributed by atoms with Gasteiger partial charge in [-0.15, -0.1) is 9.24 Å². The van der Waals surface area contributed by atoms with Crippen LogP contribution in [0.2, 0.25) is 0 Å². The van der Waals surface area contributed by atoms with Gasteiger partial charge in [0, 0.05) is 0 Å². The zero-order chi connectivity index (χ0) is 8.70. The molecule has 0 saturated heterocycles. The highest BCUT2D eigenvalue weighted by atomic mass is 31.0. The Balaban J connectivity index is 2.72. The monoisotopic (exact) mass is 172 g/mol. The maximum atomic E-state index is 2.90. The van der Waals surface area contributed by atoms with Crippen LogP contribution in [0.3, 0.4) is 0 Å². The molecule has 0 N–H and O–H groups in total. The van der Waals surface area contributed by atoms with Crippen LogP contribution in [-0.2, 0) is 0 Å². The van der Waals surface area contributed by atoms with E-state index in [-0.39, 0.29) is 0 Å². The van der Waals surface area contributed by atoms with Crippen LogP contribution in [0.15, 0.2) is 0 Å². The van der Waals surface area contributed by atoms with E-state index in [0.717, 1.165) is 5.92 Å². The average Bonchev–Trinajstić information content (AvgIpc) is 2.63. The van der Waals surface area contributed by atoms with Crippen molar-refractivity contribution in [2.75, 3.05) is 6.16 Å². The Morgan fingerprint density at radius 1 is 1.55 bits per heavy atom. The maximum Gasteiger partial charge on any atom is -0.0217 e. The number of hydrogen-bond acceptors (Lipinski definition) is 0. The van der Waals surface area contributed by atoms with E-state index in [9.17, 15) is 0 Å². The molecule has 1 rings (SSSR count). The highest BCUT2D eigenvalue weighted by molar-refractivity contribution is 7.16. The molecule has 0 aromatic rings. The summed E-state index contributed by atoms with van der Waals surface area (Å²) in [5.41, 5.74) is 1.21. The molecule has 0 amide bonds. The van der Waals surface area contributed by atoms with E-state index >= 15 is 0 Å². The van der Waals surface area contributed by atoms with Gasteiger partial charge in [0.05, 0.1) is 0 Å². The summed E-state index contributed by atoms with van der Waals surface area (Å²) in [6.45, 7) is 9.55. The first-order chi connectivity index (χ1) is 5.00. The highest BCUT2D eigenvalue weighted by Crippen LogP contribution is 2.65. The lowest BCUT2D eigenvalue weighted by molar-refractivity contribution is 0.194. The molecule has 0 aromatic heterocycles. The zero-order valence-electron chi connectivity index (χ0n) is 8.28.